The summed E-state index contributed by atoms with van der Waals surface area (Å²) in [5.74, 6) is 0.206. The van der Waals surface area contributed by atoms with E-state index in [1.807, 2.05) is 20.0 Å². The van der Waals surface area contributed by atoms with Gasteiger partial charge in [-0.15, -0.1) is 10.2 Å². The fourth-order valence-corrected chi connectivity index (χ4v) is 2.23. The van der Waals surface area contributed by atoms with Crippen molar-refractivity contribution < 1.29 is 4.79 Å². The lowest BCUT2D eigenvalue weighted by atomic mass is 10.2. The third-order valence-electron chi connectivity index (χ3n) is 2.53. The van der Waals surface area contributed by atoms with Crippen molar-refractivity contribution in [3.63, 3.8) is 0 Å². The molecule has 0 saturated carbocycles. The third-order valence-corrected chi connectivity index (χ3v) is 3.56. The molecule has 7 heteroatoms. The average Bonchev–Trinajstić information content (AvgIpc) is 2.76. The first-order valence-electron chi connectivity index (χ1n) is 5.69. The molecule has 2 aromatic rings. The Morgan fingerprint density at radius 1 is 1.53 bits per heavy atom. The van der Waals surface area contributed by atoms with Crippen LogP contribution in [0.15, 0.2) is 29.7 Å². The standard InChI is InChI=1S/C12H15N5OS/c1-8-5-9(13)3-4-10(8)15-11(18)6-19-12-16-14-7-17(12)2/h3-5,7H,6,13H2,1-2H3,(H,15,18). The molecule has 0 aliphatic rings. The van der Waals surface area contributed by atoms with E-state index in [1.165, 1.54) is 11.8 Å². The van der Waals surface area contributed by atoms with Crippen molar-refractivity contribution in [3.8, 4) is 0 Å². The Labute approximate surface area is 115 Å². The maximum Gasteiger partial charge on any atom is 0.234 e. The molecule has 1 aromatic heterocycles. The number of nitrogens with zero attached hydrogens (tertiary/aromatic N) is 3. The highest BCUT2D eigenvalue weighted by Crippen LogP contribution is 2.19. The maximum absolute atomic E-state index is 11.8. The summed E-state index contributed by atoms with van der Waals surface area (Å²) in [6.45, 7) is 1.90. The predicted octanol–water partition coefficient (Wildman–Crippen LogP) is 1.44. The van der Waals surface area contributed by atoms with Gasteiger partial charge < -0.3 is 15.6 Å². The van der Waals surface area contributed by atoms with Crippen molar-refractivity contribution in [2.24, 2.45) is 7.05 Å². The minimum absolute atomic E-state index is 0.0825. The van der Waals surface area contributed by atoms with Crippen LogP contribution in [-0.4, -0.2) is 26.4 Å². The van der Waals surface area contributed by atoms with E-state index in [1.54, 1.807) is 23.0 Å². The Kier molecular flexibility index (Phi) is 4.06. The highest BCUT2D eigenvalue weighted by Gasteiger charge is 2.08. The number of aryl methyl sites for hydroxylation is 2. The van der Waals surface area contributed by atoms with Crippen LogP contribution in [0, 0.1) is 6.92 Å². The Morgan fingerprint density at radius 3 is 2.95 bits per heavy atom. The molecule has 1 amide bonds. The van der Waals surface area contributed by atoms with Gasteiger partial charge in [-0.05, 0) is 30.7 Å². The summed E-state index contributed by atoms with van der Waals surface area (Å²) >= 11 is 1.34. The lowest BCUT2D eigenvalue weighted by Crippen LogP contribution is -2.15. The zero-order valence-electron chi connectivity index (χ0n) is 10.8. The number of carbonyl (C=O) groups is 1. The second-order valence-corrected chi connectivity index (χ2v) is 5.08. The topological polar surface area (TPSA) is 85.8 Å². The molecule has 1 heterocycles. The molecule has 0 bridgehead atoms. The van der Waals surface area contributed by atoms with Crippen molar-refractivity contribution in [1.82, 2.24) is 14.8 Å². The number of nitrogens with two attached hydrogens (primary N) is 1. The van der Waals surface area contributed by atoms with Gasteiger partial charge in [0.15, 0.2) is 5.16 Å². The SMILES string of the molecule is Cc1cc(N)ccc1NC(=O)CSc1nncn1C. The lowest BCUT2D eigenvalue weighted by Gasteiger charge is -2.08. The van der Waals surface area contributed by atoms with Crippen molar-refractivity contribution >= 4 is 29.0 Å². The average molecular weight is 277 g/mol. The summed E-state index contributed by atoms with van der Waals surface area (Å²) in [7, 11) is 1.84. The smallest absolute Gasteiger partial charge is 0.234 e. The molecular weight excluding hydrogens is 262 g/mol. The van der Waals surface area contributed by atoms with E-state index in [0.29, 0.717) is 10.8 Å². The van der Waals surface area contributed by atoms with E-state index in [9.17, 15) is 4.79 Å². The number of thioether (sulfide) groups is 1. The number of benzene rings is 1. The summed E-state index contributed by atoms with van der Waals surface area (Å²) < 4.78 is 1.77. The fraction of sp³-hybridized carbons (Fsp3) is 0.250. The zero-order valence-corrected chi connectivity index (χ0v) is 11.6. The van der Waals surface area contributed by atoms with Crippen LogP contribution in [0.2, 0.25) is 0 Å². The molecule has 0 fully saturated rings. The van der Waals surface area contributed by atoms with Gasteiger partial charge in [0.2, 0.25) is 5.91 Å². The van der Waals surface area contributed by atoms with Crippen LogP contribution in [0.5, 0.6) is 0 Å². The number of hydrogen-bond acceptors (Lipinski definition) is 5. The van der Waals surface area contributed by atoms with Crippen LogP contribution < -0.4 is 11.1 Å². The molecule has 1 aromatic carbocycles. The Balaban J connectivity index is 1.93. The molecule has 3 N–H and O–H groups in total. The van der Waals surface area contributed by atoms with Crippen LogP contribution >= 0.6 is 11.8 Å². The number of hydrogen-bond donors (Lipinski definition) is 2. The molecule has 0 aliphatic carbocycles. The maximum atomic E-state index is 11.8. The normalized spacial score (nSPS) is 10.4. The lowest BCUT2D eigenvalue weighted by molar-refractivity contribution is -0.113. The van der Waals surface area contributed by atoms with Gasteiger partial charge in [0, 0.05) is 18.4 Å². The zero-order chi connectivity index (χ0) is 13.8. The first-order valence-corrected chi connectivity index (χ1v) is 6.67. The van der Waals surface area contributed by atoms with E-state index >= 15 is 0 Å². The highest BCUT2D eigenvalue weighted by atomic mass is 32.2. The van der Waals surface area contributed by atoms with E-state index in [-0.39, 0.29) is 11.7 Å². The van der Waals surface area contributed by atoms with Crippen LogP contribution in [0.25, 0.3) is 0 Å². The third kappa shape index (κ3) is 3.47. The number of nitrogen functional groups attached to an aromatic ring is 1. The molecule has 0 radical (unpaired) electrons. The minimum atomic E-state index is -0.0825. The largest absolute Gasteiger partial charge is 0.399 e. The van der Waals surface area contributed by atoms with Crippen LogP contribution in [-0.2, 0) is 11.8 Å². The van der Waals surface area contributed by atoms with Gasteiger partial charge in [0.05, 0.1) is 5.75 Å². The number of carbonyl (C=O) groups excluding carboxylic acids is 1. The molecule has 0 aliphatic heterocycles. The van der Waals surface area contributed by atoms with Crippen molar-refractivity contribution in [1.29, 1.82) is 0 Å². The molecule has 2 rings (SSSR count). The minimum Gasteiger partial charge on any atom is -0.399 e. The Hall–Kier alpha value is -2.02. The van der Waals surface area contributed by atoms with Gasteiger partial charge in [-0.3, -0.25) is 4.79 Å². The highest BCUT2D eigenvalue weighted by molar-refractivity contribution is 7.99. The first kappa shape index (κ1) is 13.4. The monoisotopic (exact) mass is 277 g/mol. The Bertz CT molecular complexity index is 596. The predicted molar refractivity (Wildman–Crippen MR) is 75.9 cm³/mol. The van der Waals surface area contributed by atoms with Gasteiger partial charge in [-0.2, -0.15) is 0 Å². The first-order chi connectivity index (χ1) is 9.06. The van der Waals surface area contributed by atoms with Crippen LogP contribution in [0.3, 0.4) is 0 Å². The molecule has 0 unspecified atom stereocenters. The van der Waals surface area contributed by atoms with Gasteiger partial charge >= 0.3 is 0 Å². The number of aromatic nitrogens is 3. The summed E-state index contributed by atoms with van der Waals surface area (Å²) in [5.41, 5.74) is 8.06. The summed E-state index contributed by atoms with van der Waals surface area (Å²) in [4.78, 5) is 11.8. The molecule has 19 heavy (non-hydrogen) atoms. The second kappa shape index (κ2) is 5.75. The number of amides is 1. The molecule has 0 atom stereocenters. The van der Waals surface area contributed by atoms with Crippen LogP contribution in [0.1, 0.15) is 5.56 Å². The van der Waals surface area contributed by atoms with Crippen molar-refractivity contribution in [2.75, 3.05) is 16.8 Å². The molecule has 6 nitrogen and oxygen atoms in total. The Morgan fingerprint density at radius 2 is 2.32 bits per heavy atom. The summed E-state index contributed by atoms with van der Waals surface area (Å²) in [5, 5.41) is 11.2. The molecular formula is C12H15N5OS. The molecule has 0 saturated heterocycles. The quantitative estimate of drug-likeness (QED) is 0.652. The summed E-state index contributed by atoms with van der Waals surface area (Å²) in [6, 6.07) is 5.39. The van der Waals surface area contributed by atoms with E-state index in [4.69, 9.17) is 5.73 Å². The van der Waals surface area contributed by atoms with Gasteiger partial charge in [-0.25, -0.2) is 0 Å². The fourth-order valence-electron chi connectivity index (χ4n) is 1.55. The van der Waals surface area contributed by atoms with Crippen molar-refractivity contribution in [3.05, 3.63) is 30.1 Å². The number of anilines is 2. The van der Waals surface area contributed by atoms with Crippen LogP contribution in [0.4, 0.5) is 11.4 Å². The van der Waals surface area contributed by atoms with Gasteiger partial charge in [0.1, 0.15) is 6.33 Å². The van der Waals surface area contributed by atoms with E-state index < -0.39 is 0 Å². The number of rotatable bonds is 4. The summed E-state index contributed by atoms with van der Waals surface area (Å²) in [6.07, 6.45) is 1.60. The van der Waals surface area contributed by atoms with E-state index in [2.05, 4.69) is 15.5 Å². The molecule has 0 spiro atoms. The van der Waals surface area contributed by atoms with Crippen molar-refractivity contribution in [2.45, 2.75) is 12.1 Å². The van der Waals surface area contributed by atoms with Gasteiger partial charge in [-0.1, -0.05) is 11.8 Å². The van der Waals surface area contributed by atoms with Gasteiger partial charge in [0.25, 0.3) is 0 Å². The molecule has 100 valence electrons. The number of nitrogens with one attached hydrogen (secondary N) is 1. The second-order valence-electron chi connectivity index (χ2n) is 4.14. The van der Waals surface area contributed by atoms with E-state index in [0.717, 1.165) is 11.3 Å².